The number of carbonyl (C=O) groups excluding carboxylic acids is 2. The molecule has 0 aliphatic carbocycles. The summed E-state index contributed by atoms with van der Waals surface area (Å²) in [4.78, 5) is 23.8. The molecule has 0 aromatic heterocycles. The molecule has 1 rings (SSSR count). The van der Waals surface area contributed by atoms with E-state index in [-0.39, 0.29) is 18.0 Å². The Balaban J connectivity index is 2.64. The maximum Gasteiger partial charge on any atom is 0.328 e. The van der Waals surface area contributed by atoms with Crippen LogP contribution >= 0.6 is 0 Å². The Labute approximate surface area is 126 Å². The molecule has 0 spiro atoms. The van der Waals surface area contributed by atoms with Crippen molar-refractivity contribution in [3.05, 3.63) is 35.9 Å². The van der Waals surface area contributed by atoms with Crippen molar-refractivity contribution < 1.29 is 14.3 Å². The second kappa shape index (κ2) is 8.29. The third-order valence-corrected chi connectivity index (χ3v) is 3.60. The Morgan fingerprint density at radius 2 is 1.76 bits per heavy atom. The second-order valence-corrected chi connectivity index (χ2v) is 5.14. The molecule has 116 valence electrons. The number of urea groups is 1. The zero-order valence-corrected chi connectivity index (χ0v) is 13.1. The van der Waals surface area contributed by atoms with Crippen molar-refractivity contribution >= 4 is 12.0 Å². The lowest BCUT2D eigenvalue weighted by molar-refractivity contribution is -0.144. The van der Waals surface area contributed by atoms with Crippen molar-refractivity contribution in [2.75, 3.05) is 7.11 Å². The SMILES string of the molecule is CC[C@@H](C)[C@H](NC(=O)N[C@H](C)c1ccccc1)C(=O)OC. The topological polar surface area (TPSA) is 67.4 Å². The molecule has 2 amide bonds. The van der Waals surface area contributed by atoms with Crippen LogP contribution in [0.3, 0.4) is 0 Å². The van der Waals surface area contributed by atoms with Gasteiger partial charge in [0, 0.05) is 0 Å². The minimum absolute atomic E-state index is 0.00947. The molecule has 0 saturated heterocycles. The van der Waals surface area contributed by atoms with Gasteiger partial charge in [-0.15, -0.1) is 0 Å². The van der Waals surface area contributed by atoms with Gasteiger partial charge in [0.2, 0.25) is 0 Å². The summed E-state index contributed by atoms with van der Waals surface area (Å²) >= 11 is 0. The Kier molecular flexibility index (Phi) is 6.72. The van der Waals surface area contributed by atoms with E-state index in [0.29, 0.717) is 0 Å². The number of methoxy groups -OCH3 is 1. The summed E-state index contributed by atoms with van der Waals surface area (Å²) in [6.45, 7) is 5.76. The van der Waals surface area contributed by atoms with Crippen LogP contribution in [0.5, 0.6) is 0 Å². The molecule has 5 heteroatoms. The van der Waals surface area contributed by atoms with Gasteiger partial charge in [0.1, 0.15) is 6.04 Å². The predicted molar refractivity (Wildman–Crippen MR) is 81.8 cm³/mol. The summed E-state index contributed by atoms with van der Waals surface area (Å²) < 4.78 is 4.74. The standard InChI is InChI=1S/C16H24N2O3/c1-5-11(2)14(15(19)21-4)18-16(20)17-12(3)13-9-7-6-8-10-13/h6-12,14H,5H2,1-4H3,(H2,17,18,20)/t11-,12-,14+/m1/s1. The Bertz CT molecular complexity index is 462. The zero-order valence-electron chi connectivity index (χ0n) is 13.1. The fourth-order valence-corrected chi connectivity index (χ4v) is 2.00. The quantitative estimate of drug-likeness (QED) is 0.792. The highest BCUT2D eigenvalue weighted by Gasteiger charge is 2.27. The molecule has 0 aliphatic rings. The lowest BCUT2D eigenvalue weighted by Gasteiger charge is -2.23. The van der Waals surface area contributed by atoms with Crippen molar-refractivity contribution in [2.24, 2.45) is 5.92 Å². The summed E-state index contributed by atoms with van der Waals surface area (Å²) in [5.74, 6) is -0.415. The smallest absolute Gasteiger partial charge is 0.328 e. The fraction of sp³-hybridized carbons (Fsp3) is 0.500. The van der Waals surface area contributed by atoms with Gasteiger partial charge in [-0.3, -0.25) is 0 Å². The maximum atomic E-state index is 12.0. The summed E-state index contributed by atoms with van der Waals surface area (Å²) in [5, 5.41) is 5.52. The molecule has 2 N–H and O–H groups in total. The number of nitrogens with one attached hydrogen (secondary N) is 2. The number of esters is 1. The third-order valence-electron chi connectivity index (χ3n) is 3.60. The molecule has 0 unspecified atom stereocenters. The minimum atomic E-state index is -0.636. The molecule has 5 nitrogen and oxygen atoms in total. The second-order valence-electron chi connectivity index (χ2n) is 5.14. The van der Waals surface area contributed by atoms with E-state index in [2.05, 4.69) is 10.6 Å². The van der Waals surface area contributed by atoms with E-state index in [1.807, 2.05) is 51.1 Å². The van der Waals surface area contributed by atoms with Gasteiger partial charge in [-0.05, 0) is 18.4 Å². The Morgan fingerprint density at radius 3 is 2.29 bits per heavy atom. The van der Waals surface area contributed by atoms with Crippen LogP contribution in [-0.4, -0.2) is 25.2 Å². The molecule has 0 aliphatic heterocycles. The van der Waals surface area contributed by atoms with Crippen molar-refractivity contribution in [1.82, 2.24) is 10.6 Å². The molecular formula is C16H24N2O3. The number of carbonyl (C=O) groups is 2. The van der Waals surface area contributed by atoms with Crippen molar-refractivity contribution in [3.8, 4) is 0 Å². The van der Waals surface area contributed by atoms with Gasteiger partial charge in [0.05, 0.1) is 13.2 Å². The van der Waals surface area contributed by atoms with E-state index in [9.17, 15) is 9.59 Å². The average Bonchev–Trinajstić information content (AvgIpc) is 2.51. The first-order valence-electron chi connectivity index (χ1n) is 7.19. The van der Waals surface area contributed by atoms with Crippen LogP contribution < -0.4 is 10.6 Å². The lowest BCUT2D eigenvalue weighted by atomic mass is 9.99. The monoisotopic (exact) mass is 292 g/mol. The van der Waals surface area contributed by atoms with Crippen molar-refractivity contribution in [3.63, 3.8) is 0 Å². The number of hydrogen-bond donors (Lipinski definition) is 2. The van der Waals surface area contributed by atoms with Crippen LogP contribution in [0.25, 0.3) is 0 Å². The first kappa shape index (κ1) is 17.0. The van der Waals surface area contributed by atoms with Gasteiger partial charge < -0.3 is 15.4 Å². The minimum Gasteiger partial charge on any atom is -0.467 e. The normalized spacial score (nSPS) is 14.7. The van der Waals surface area contributed by atoms with Gasteiger partial charge in [0.25, 0.3) is 0 Å². The summed E-state index contributed by atoms with van der Waals surface area (Å²) in [6, 6.07) is 8.50. The molecular weight excluding hydrogens is 268 g/mol. The van der Waals surface area contributed by atoms with Gasteiger partial charge in [-0.1, -0.05) is 50.6 Å². The third kappa shape index (κ3) is 5.10. The first-order chi connectivity index (χ1) is 9.99. The van der Waals surface area contributed by atoms with E-state index >= 15 is 0 Å². The Morgan fingerprint density at radius 1 is 1.14 bits per heavy atom. The predicted octanol–water partition coefficient (Wildman–Crippen LogP) is 2.63. The van der Waals surface area contributed by atoms with Gasteiger partial charge in [-0.25, -0.2) is 9.59 Å². The zero-order chi connectivity index (χ0) is 15.8. The largest absolute Gasteiger partial charge is 0.467 e. The molecule has 3 atom stereocenters. The molecule has 21 heavy (non-hydrogen) atoms. The van der Waals surface area contributed by atoms with Crippen LogP contribution in [0.2, 0.25) is 0 Å². The molecule has 1 aromatic rings. The first-order valence-corrected chi connectivity index (χ1v) is 7.19. The number of hydrogen-bond acceptors (Lipinski definition) is 3. The van der Waals surface area contributed by atoms with E-state index in [0.717, 1.165) is 12.0 Å². The fourth-order valence-electron chi connectivity index (χ4n) is 2.00. The summed E-state index contributed by atoms with van der Waals surface area (Å²) in [6.07, 6.45) is 0.772. The van der Waals surface area contributed by atoms with Gasteiger partial charge in [0.15, 0.2) is 0 Å². The van der Waals surface area contributed by atoms with Crippen LogP contribution in [0.4, 0.5) is 4.79 Å². The highest BCUT2D eigenvalue weighted by atomic mass is 16.5. The van der Waals surface area contributed by atoms with E-state index < -0.39 is 12.0 Å². The van der Waals surface area contributed by atoms with Gasteiger partial charge in [-0.2, -0.15) is 0 Å². The molecule has 0 radical (unpaired) electrons. The molecule has 0 fully saturated rings. The van der Waals surface area contributed by atoms with Gasteiger partial charge >= 0.3 is 12.0 Å². The average molecular weight is 292 g/mol. The van der Waals surface area contributed by atoms with Crippen LogP contribution in [0.15, 0.2) is 30.3 Å². The highest BCUT2D eigenvalue weighted by molar-refractivity contribution is 5.83. The number of benzene rings is 1. The maximum absolute atomic E-state index is 12.0. The molecule has 0 heterocycles. The van der Waals surface area contributed by atoms with E-state index in [1.165, 1.54) is 7.11 Å². The Hall–Kier alpha value is -2.04. The summed E-state index contributed by atoms with van der Waals surface area (Å²) in [5.41, 5.74) is 1.01. The lowest BCUT2D eigenvalue weighted by Crippen LogP contribution is -2.50. The van der Waals surface area contributed by atoms with Crippen LogP contribution in [-0.2, 0) is 9.53 Å². The van der Waals surface area contributed by atoms with Crippen LogP contribution in [0, 0.1) is 5.92 Å². The van der Waals surface area contributed by atoms with Crippen LogP contribution in [0.1, 0.15) is 38.8 Å². The molecule has 0 bridgehead atoms. The number of rotatable bonds is 6. The molecule has 1 aromatic carbocycles. The summed E-state index contributed by atoms with van der Waals surface area (Å²) in [7, 11) is 1.32. The highest BCUT2D eigenvalue weighted by Crippen LogP contribution is 2.12. The number of amides is 2. The van der Waals surface area contributed by atoms with Crippen molar-refractivity contribution in [1.29, 1.82) is 0 Å². The number of ether oxygens (including phenoxy) is 1. The molecule has 0 saturated carbocycles. The van der Waals surface area contributed by atoms with E-state index in [4.69, 9.17) is 4.74 Å². The van der Waals surface area contributed by atoms with E-state index in [1.54, 1.807) is 0 Å². The van der Waals surface area contributed by atoms with Crippen molar-refractivity contribution in [2.45, 2.75) is 39.3 Å².